The number of nitrogens with one attached hydrogen (secondary N) is 1. The molecule has 0 aliphatic carbocycles. The van der Waals surface area contributed by atoms with Gasteiger partial charge in [-0.1, -0.05) is 40.0 Å². The van der Waals surface area contributed by atoms with Crippen LogP contribution in [0.1, 0.15) is 59.3 Å². The van der Waals surface area contributed by atoms with Crippen molar-refractivity contribution in [3.05, 3.63) is 0 Å². The number of carbonyl (C=O) groups excluding carboxylic acids is 3. The van der Waals surface area contributed by atoms with Crippen LogP contribution >= 0.6 is 0 Å². The molecule has 0 saturated heterocycles. The van der Waals surface area contributed by atoms with Crippen LogP contribution in [0, 0.1) is 0 Å². The second-order valence-electron chi connectivity index (χ2n) is 4.35. The quantitative estimate of drug-likeness (QED) is 0.317. The molecule has 0 spiro atoms. The van der Waals surface area contributed by atoms with Gasteiger partial charge < -0.3 is 34.6 Å². The molecule has 0 amide bonds. The van der Waals surface area contributed by atoms with Crippen molar-refractivity contribution >= 4 is 19.4 Å². The van der Waals surface area contributed by atoms with Gasteiger partial charge in [0.2, 0.25) is 0 Å². The van der Waals surface area contributed by atoms with Gasteiger partial charge in [0.25, 0.3) is 0 Å². The van der Waals surface area contributed by atoms with Crippen LogP contribution in [-0.4, -0.2) is 39.1 Å². The molecule has 1 N–H and O–H groups in total. The number of carbonyl (C=O) groups is 3. The Kier molecular flexibility index (Phi) is 62.6. The summed E-state index contributed by atoms with van der Waals surface area (Å²) in [6.45, 7) is 9.56. The van der Waals surface area contributed by atoms with Gasteiger partial charge in [-0.3, -0.25) is 0 Å². The summed E-state index contributed by atoms with van der Waals surface area (Å²) in [4.78, 5) is 26.6. The van der Waals surface area contributed by atoms with Crippen molar-refractivity contribution in [2.24, 2.45) is 0 Å². The predicted octanol–water partition coefficient (Wildman–Crippen LogP) is -2.63. The molecule has 7 nitrogen and oxygen atoms in total. The van der Waals surface area contributed by atoms with E-state index < -0.39 is 19.4 Å². The van der Waals surface area contributed by atoms with Crippen LogP contribution in [0.5, 0.6) is 0 Å². The predicted molar refractivity (Wildman–Crippen MR) is 78.5 cm³/mol. The number of unbranched alkanes of at least 4 members (excludes halogenated alkanes) is 3. The van der Waals surface area contributed by atoms with Gasteiger partial charge in [-0.2, -0.15) is 0 Å². The Morgan fingerprint density at radius 3 is 0.957 bits per heavy atom. The van der Waals surface area contributed by atoms with Gasteiger partial charge in [0.05, 0.1) is 19.6 Å². The third-order valence-electron chi connectivity index (χ3n) is 2.65. The third-order valence-corrected chi connectivity index (χ3v) is 2.65. The molecule has 0 aromatic carbocycles. The van der Waals surface area contributed by atoms with E-state index in [1.165, 1.54) is 58.2 Å². The van der Waals surface area contributed by atoms with Crippen LogP contribution in [0.2, 0.25) is 0 Å². The van der Waals surface area contributed by atoms with Gasteiger partial charge in [-0.15, -0.1) is 0 Å². The SMILES string of the molecule is CCCC[NH+](CCCC)CCCC.O=C[O-].O=C[O-].O=C[O-].[Pd+2]. The first-order valence-electron chi connectivity index (χ1n) is 7.60. The Bertz CT molecular complexity index is 175. The van der Waals surface area contributed by atoms with Gasteiger partial charge in [0.15, 0.2) is 0 Å². The van der Waals surface area contributed by atoms with Crippen molar-refractivity contribution in [2.45, 2.75) is 59.3 Å². The van der Waals surface area contributed by atoms with Crippen molar-refractivity contribution in [2.75, 3.05) is 19.6 Å². The Morgan fingerprint density at radius 1 is 0.652 bits per heavy atom. The molecule has 0 atom stereocenters. The molecule has 0 unspecified atom stereocenters. The molecule has 0 heterocycles. The Balaban J connectivity index is -0.0000000900. The maximum absolute atomic E-state index is 8.25. The number of hydrogen-bond donors (Lipinski definition) is 1. The molecule has 0 fully saturated rings. The zero-order valence-corrected chi connectivity index (χ0v) is 15.9. The fraction of sp³-hybridized carbons (Fsp3) is 0.800. The zero-order chi connectivity index (χ0) is 18.1. The topological polar surface area (TPSA) is 125 Å². The van der Waals surface area contributed by atoms with Crippen LogP contribution in [0.3, 0.4) is 0 Å². The second kappa shape index (κ2) is 42.9. The molecule has 142 valence electrons. The van der Waals surface area contributed by atoms with Crippen LogP contribution in [0.4, 0.5) is 0 Å². The minimum absolute atomic E-state index is 0. The summed E-state index contributed by atoms with van der Waals surface area (Å²) in [5.74, 6) is 0. The molecule has 0 aliphatic heterocycles. The zero-order valence-electron chi connectivity index (χ0n) is 14.4. The summed E-state index contributed by atoms with van der Waals surface area (Å²) >= 11 is 0. The fourth-order valence-electron chi connectivity index (χ4n) is 1.66. The maximum Gasteiger partial charge on any atom is 2.00 e. The van der Waals surface area contributed by atoms with Gasteiger partial charge in [0, 0.05) is 19.4 Å². The van der Waals surface area contributed by atoms with E-state index >= 15 is 0 Å². The number of rotatable bonds is 9. The van der Waals surface area contributed by atoms with Crippen molar-refractivity contribution in [3.8, 4) is 0 Å². The van der Waals surface area contributed by atoms with E-state index in [9.17, 15) is 0 Å². The van der Waals surface area contributed by atoms with Gasteiger partial charge in [-0.05, 0) is 19.3 Å². The van der Waals surface area contributed by atoms with E-state index in [0.717, 1.165) is 0 Å². The first kappa shape index (κ1) is 33.6. The molecule has 0 radical (unpaired) electrons. The maximum atomic E-state index is 8.25. The van der Waals surface area contributed by atoms with E-state index in [4.69, 9.17) is 29.7 Å². The fourth-order valence-corrected chi connectivity index (χ4v) is 1.66. The van der Waals surface area contributed by atoms with Crippen molar-refractivity contribution in [1.82, 2.24) is 0 Å². The average molecular weight is 428 g/mol. The summed E-state index contributed by atoms with van der Waals surface area (Å²) in [7, 11) is 0. The summed E-state index contributed by atoms with van der Waals surface area (Å²) in [5.41, 5.74) is 0. The first-order chi connectivity index (χ1) is 10.6. The molecule has 0 aromatic rings. The van der Waals surface area contributed by atoms with Gasteiger partial charge >= 0.3 is 20.4 Å². The number of quaternary nitrogens is 1. The second-order valence-corrected chi connectivity index (χ2v) is 4.35. The van der Waals surface area contributed by atoms with E-state index in [1.54, 1.807) is 0 Å². The minimum atomic E-state index is -0.500. The molecule has 0 aromatic heterocycles. The Labute approximate surface area is 153 Å². The van der Waals surface area contributed by atoms with Crippen LogP contribution < -0.4 is 20.2 Å². The van der Waals surface area contributed by atoms with Crippen molar-refractivity contribution < 1.29 is 55.0 Å². The largest absolute Gasteiger partial charge is 2.00 e. The smallest absolute Gasteiger partial charge is 0.554 e. The van der Waals surface area contributed by atoms with Gasteiger partial charge in [0.1, 0.15) is 0 Å². The standard InChI is InChI=1S/C12H27N.3CH2O2.Pd/c1-4-7-10-13(11-8-5-2)12-9-6-3;3*2-1-3;/h4-12H2,1-3H3;3*1H,(H,2,3);/q;;;;+2/p-2. The normalized spacial score (nSPS) is 7.83. The van der Waals surface area contributed by atoms with E-state index in [0.29, 0.717) is 0 Å². The molecule has 0 bridgehead atoms. The molecule has 8 heteroatoms. The van der Waals surface area contributed by atoms with Crippen molar-refractivity contribution in [3.63, 3.8) is 0 Å². The molecule has 0 saturated carbocycles. The Morgan fingerprint density at radius 2 is 0.826 bits per heavy atom. The summed E-state index contributed by atoms with van der Waals surface area (Å²) in [6.07, 6.45) is 8.26. The summed E-state index contributed by atoms with van der Waals surface area (Å²) in [5, 5.41) is 24.8. The molecular formula is C15H31NO6Pd. The summed E-state index contributed by atoms with van der Waals surface area (Å²) in [6, 6.07) is 0. The van der Waals surface area contributed by atoms with E-state index in [1.807, 2.05) is 4.90 Å². The third kappa shape index (κ3) is 62.6. The van der Waals surface area contributed by atoms with Crippen LogP contribution in [0.15, 0.2) is 0 Å². The van der Waals surface area contributed by atoms with Crippen LogP contribution in [0.25, 0.3) is 0 Å². The monoisotopic (exact) mass is 427 g/mol. The number of hydrogen-bond acceptors (Lipinski definition) is 6. The van der Waals surface area contributed by atoms with E-state index in [2.05, 4.69) is 20.8 Å². The van der Waals surface area contributed by atoms with E-state index in [-0.39, 0.29) is 20.4 Å². The minimum Gasteiger partial charge on any atom is -0.554 e. The molecule has 0 rings (SSSR count). The number of carboxylic acid groups (broad SMARTS) is 3. The van der Waals surface area contributed by atoms with Crippen molar-refractivity contribution in [1.29, 1.82) is 0 Å². The molecule has 23 heavy (non-hydrogen) atoms. The average Bonchev–Trinajstić information content (AvgIpc) is 2.49. The van der Waals surface area contributed by atoms with Gasteiger partial charge in [-0.25, -0.2) is 0 Å². The Hall–Kier alpha value is -0.968. The summed E-state index contributed by atoms with van der Waals surface area (Å²) < 4.78 is 0. The first-order valence-corrected chi connectivity index (χ1v) is 7.60. The van der Waals surface area contributed by atoms with Crippen LogP contribution in [-0.2, 0) is 34.8 Å². The molecule has 0 aliphatic rings. The molecular weight excluding hydrogens is 397 g/mol.